The van der Waals surface area contributed by atoms with E-state index in [9.17, 15) is 0 Å². The highest BCUT2D eigenvalue weighted by atomic mass is 16.7. The summed E-state index contributed by atoms with van der Waals surface area (Å²) in [6.07, 6.45) is 5.71. The molecule has 5 nitrogen and oxygen atoms in total. The van der Waals surface area contributed by atoms with Crippen LogP contribution in [0.5, 0.6) is 0 Å². The first kappa shape index (κ1) is 21.5. The molecule has 3 rings (SSSR count). The normalized spacial score (nSPS) is 33.0. The summed E-state index contributed by atoms with van der Waals surface area (Å²) in [5, 5.41) is 0. The molecule has 1 saturated carbocycles. The first-order chi connectivity index (χ1) is 12.8. The second kappa shape index (κ2) is 9.08. The van der Waals surface area contributed by atoms with Crippen LogP contribution in [0, 0.1) is 17.3 Å². The molecule has 2 heterocycles. The standard InChI is InChI=1S/C22H41NO4/c1-6-23(15-20-24-13-14-25-20)12-9-19-16-26-22(27-19)10-7-18(8-11-22)21(4,5)17(2)3/h17-20H,6-16H2,1-5H3. The molecule has 0 N–H and O–H groups in total. The lowest BCUT2D eigenvalue weighted by atomic mass is 9.64. The molecule has 3 aliphatic rings. The van der Waals surface area contributed by atoms with Gasteiger partial charge in [0.15, 0.2) is 12.1 Å². The van der Waals surface area contributed by atoms with Gasteiger partial charge in [0.25, 0.3) is 0 Å². The van der Waals surface area contributed by atoms with Crippen molar-refractivity contribution in [2.75, 3.05) is 39.5 Å². The SMILES string of the molecule is CCN(CCC1COC2(CCC(C(C)(C)C(C)C)CC2)O1)CC1OCCO1. The maximum absolute atomic E-state index is 6.46. The second-order valence-electron chi connectivity index (χ2n) is 9.56. The van der Waals surface area contributed by atoms with Crippen molar-refractivity contribution in [3.63, 3.8) is 0 Å². The first-order valence-corrected chi connectivity index (χ1v) is 11.1. The van der Waals surface area contributed by atoms with Gasteiger partial charge in [-0.25, -0.2) is 0 Å². The third-order valence-electron chi connectivity index (χ3n) is 7.51. The fourth-order valence-corrected chi connectivity index (χ4v) is 4.72. The Kier molecular flexibility index (Phi) is 7.23. The molecule has 0 radical (unpaired) electrons. The van der Waals surface area contributed by atoms with Gasteiger partial charge in [-0.3, -0.25) is 4.90 Å². The Morgan fingerprint density at radius 3 is 2.37 bits per heavy atom. The van der Waals surface area contributed by atoms with Gasteiger partial charge in [0, 0.05) is 25.9 Å². The summed E-state index contributed by atoms with van der Waals surface area (Å²) in [6, 6.07) is 0. The largest absolute Gasteiger partial charge is 0.349 e. The minimum Gasteiger partial charge on any atom is -0.349 e. The summed E-state index contributed by atoms with van der Waals surface area (Å²) in [6.45, 7) is 16.8. The van der Waals surface area contributed by atoms with Crippen molar-refractivity contribution in [1.82, 2.24) is 4.90 Å². The average Bonchev–Trinajstić information content (AvgIpc) is 3.29. The van der Waals surface area contributed by atoms with Crippen molar-refractivity contribution in [3.8, 4) is 0 Å². The van der Waals surface area contributed by atoms with E-state index in [1.165, 1.54) is 12.8 Å². The fraction of sp³-hybridized carbons (Fsp3) is 1.00. The van der Waals surface area contributed by atoms with Gasteiger partial charge in [-0.15, -0.1) is 0 Å². The van der Waals surface area contributed by atoms with Crippen molar-refractivity contribution in [1.29, 1.82) is 0 Å². The molecule has 0 aromatic heterocycles. The molecule has 27 heavy (non-hydrogen) atoms. The van der Waals surface area contributed by atoms with Crippen LogP contribution in [0.25, 0.3) is 0 Å². The molecule has 5 heteroatoms. The van der Waals surface area contributed by atoms with Crippen LogP contribution in [-0.2, 0) is 18.9 Å². The molecular weight excluding hydrogens is 342 g/mol. The third-order valence-corrected chi connectivity index (χ3v) is 7.51. The lowest BCUT2D eigenvalue weighted by molar-refractivity contribution is -0.199. The molecule has 3 fully saturated rings. The van der Waals surface area contributed by atoms with E-state index in [1.807, 2.05) is 0 Å². The van der Waals surface area contributed by atoms with E-state index >= 15 is 0 Å². The molecule has 1 spiro atoms. The van der Waals surface area contributed by atoms with Crippen LogP contribution in [0.15, 0.2) is 0 Å². The molecule has 2 aliphatic heterocycles. The Morgan fingerprint density at radius 2 is 1.78 bits per heavy atom. The number of likely N-dealkylation sites (N-methyl/N-ethyl adjacent to an activating group) is 1. The van der Waals surface area contributed by atoms with Crippen LogP contribution in [-0.4, -0.2) is 62.5 Å². The van der Waals surface area contributed by atoms with Gasteiger partial charge in [0.05, 0.1) is 25.9 Å². The maximum atomic E-state index is 6.46. The minimum atomic E-state index is -0.303. The van der Waals surface area contributed by atoms with Crippen LogP contribution >= 0.6 is 0 Å². The zero-order chi connectivity index (χ0) is 19.5. The van der Waals surface area contributed by atoms with Gasteiger partial charge >= 0.3 is 0 Å². The molecule has 0 amide bonds. The predicted octanol–water partition coefficient (Wildman–Crippen LogP) is 4.06. The summed E-state index contributed by atoms with van der Waals surface area (Å²) >= 11 is 0. The molecule has 1 aliphatic carbocycles. The number of ether oxygens (including phenoxy) is 4. The summed E-state index contributed by atoms with van der Waals surface area (Å²) < 4.78 is 23.9. The molecular formula is C22H41NO4. The van der Waals surface area contributed by atoms with E-state index in [2.05, 4.69) is 39.5 Å². The van der Waals surface area contributed by atoms with E-state index < -0.39 is 0 Å². The first-order valence-electron chi connectivity index (χ1n) is 11.1. The second-order valence-corrected chi connectivity index (χ2v) is 9.56. The lowest BCUT2D eigenvalue weighted by Gasteiger charge is -2.44. The fourth-order valence-electron chi connectivity index (χ4n) is 4.72. The minimum absolute atomic E-state index is 0.0587. The third kappa shape index (κ3) is 5.24. The molecule has 1 atom stereocenters. The Hall–Kier alpha value is -0.200. The average molecular weight is 384 g/mol. The van der Waals surface area contributed by atoms with E-state index in [0.717, 1.165) is 64.6 Å². The summed E-state index contributed by atoms with van der Waals surface area (Å²) in [5.41, 5.74) is 0.394. The predicted molar refractivity (Wildman–Crippen MR) is 107 cm³/mol. The van der Waals surface area contributed by atoms with Gasteiger partial charge in [-0.1, -0.05) is 34.6 Å². The van der Waals surface area contributed by atoms with Crippen molar-refractivity contribution >= 4 is 0 Å². The summed E-state index contributed by atoms with van der Waals surface area (Å²) in [5.74, 6) is 1.18. The van der Waals surface area contributed by atoms with Gasteiger partial charge in [-0.2, -0.15) is 0 Å². The topological polar surface area (TPSA) is 40.2 Å². The highest BCUT2D eigenvalue weighted by molar-refractivity contribution is 4.91. The van der Waals surface area contributed by atoms with Crippen molar-refractivity contribution in [2.45, 2.75) is 84.9 Å². The molecule has 2 saturated heterocycles. The lowest BCUT2D eigenvalue weighted by Crippen LogP contribution is -2.41. The molecule has 0 aromatic carbocycles. The highest BCUT2D eigenvalue weighted by Gasteiger charge is 2.47. The van der Waals surface area contributed by atoms with Crippen molar-refractivity contribution < 1.29 is 18.9 Å². The van der Waals surface area contributed by atoms with Crippen molar-refractivity contribution in [3.05, 3.63) is 0 Å². The smallest absolute Gasteiger partial charge is 0.170 e. The van der Waals surface area contributed by atoms with Crippen LogP contribution in [0.4, 0.5) is 0 Å². The number of hydrogen-bond acceptors (Lipinski definition) is 5. The maximum Gasteiger partial charge on any atom is 0.170 e. The van der Waals surface area contributed by atoms with E-state index in [0.29, 0.717) is 11.3 Å². The Bertz CT molecular complexity index is 453. The Morgan fingerprint density at radius 1 is 1.11 bits per heavy atom. The van der Waals surface area contributed by atoms with Crippen LogP contribution in [0.1, 0.15) is 66.7 Å². The van der Waals surface area contributed by atoms with Gasteiger partial charge in [-0.05, 0) is 43.1 Å². The van der Waals surface area contributed by atoms with Gasteiger partial charge in [0.1, 0.15) is 0 Å². The Labute approximate surface area is 166 Å². The monoisotopic (exact) mass is 383 g/mol. The molecule has 0 aromatic rings. The number of hydrogen-bond donors (Lipinski definition) is 0. The van der Waals surface area contributed by atoms with E-state index in [4.69, 9.17) is 18.9 Å². The van der Waals surface area contributed by atoms with Gasteiger partial charge < -0.3 is 18.9 Å². The molecule has 1 unspecified atom stereocenters. The quantitative estimate of drug-likeness (QED) is 0.632. The number of nitrogens with zero attached hydrogens (tertiary/aromatic N) is 1. The molecule has 158 valence electrons. The van der Waals surface area contributed by atoms with Crippen LogP contribution in [0.2, 0.25) is 0 Å². The van der Waals surface area contributed by atoms with E-state index in [-0.39, 0.29) is 18.2 Å². The van der Waals surface area contributed by atoms with Gasteiger partial charge in [0.2, 0.25) is 0 Å². The van der Waals surface area contributed by atoms with Crippen LogP contribution < -0.4 is 0 Å². The summed E-state index contributed by atoms with van der Waals surface area (Å²) in [7, 11) is 0. The molecule has 0 bridgehead atoms. The van der Waals surface area contributed by atoms with Crippen LogP contribution in [0.3, 0.4) is 0 Å². The highest BCUT2D eigenvalue weighted by Crippen LogP contribution is 2.48. The van der Waals surface area contributed by atoms with Crippen molar-refractivity contribution in [2.24, 2.45) is 17.3 Å². The number of rotatable bonds is 8. The zero-order valence-corrected chi connectivity index (χ0v) is 18.2. The van der Waals surface area contributed by atoms with E-state index in [1.54, 1.807) is 0 Å². The Balaban J connectivity index is 1.42. The summed E-state index contributed by atoms with van der Waals surface area (Å²) in [4.78, 5) is 2.40. The zero-order valence-electron chi connectivity index (χ0n) is 18.2.